The Morgan fingerprint density at radius 1 is 0.912 bits per heavy atom. The SMILES string of the molecule is CCC(C)c1ccccc1OCC(=O)NNC(=O)c1cc(Br)ccc1OCCc1ccccc1. The number of ether oxygens (including phenoxy) is 2. The zero-order valence-electron chi connectivity index (χ0n) is 19.3. The van der Waals surface area contributed by atoms with Crippen LogP contribution in [0.15, 0.2) is 77.3 Å². The minimum absolute atomic E-state index is 0.216. The summed E-state index contributed by atoms with van der Waals surface area (Å²) in [6.07, 6.45) is 1.68. The fraction of sp³-hybridized carbons (Fsp3) is 0.259. The highest BCUT2D eigenvalue weighted by Crippen LogP contribution is 2.28. The maximum absolute atomic E-state index is 12.7. The van der Waals surface area contributed by atoms with Gasteiger partial charge in [-0.3, -0.25) is 20.4 Å². The van der Waals surface area contributed by atoms with Crippen LogP contribution in [0.3, 0.4) is 0 Å². The lowest BCUT2D eigenvalue weighted by Gasteiger charge is -2.16. The quantitative estimate of drug-likeness (QED) is 0.347. The number of hydrogen-bond donors (Lipinski definition) is 2. The molecule has 0 saturated heterocycles. The van der Waals surface area contributed by atoms with Crippen LogP contribution in [0.25, 0.3) is 0 Å². The highest BCUT2D eigenvalue weighted by Gasteiger charge is 2.15. The van der Waals surface area contributed by atoms with Crippen molar-refractivity contribution in [2.75, 3.05) is 13.2 Å². The average Bonchev–Trinajstić information content (AvgIpc) is 2.87. The number of para-hydroxylation sites is 1. The number of rotatable bonds is 10. The summed E-state index contributed by atoms with van der Waals surface area (Å²) < 4.78 is 12.3. The van der Waals surface area contributed by atoms with E-state index in [2.05, 4.69) is 40.6 Å². The molecule has 0 spiro atoms. The molecule has 0 aromatic heterocycles. The van der Waals surface area contributed by atoms with Crippen LogP contribution >= 0.6 is 15.9 Å². The third-order valence-corrected chi connectivity index (χ3v) is 5.91. The van der Waals surface area contributed by atoms with E-state index in [1.54, 1.807) is 18.2 Å². The third-order valence-electron chi connectivity index (χ3n) is 5.41. The van der Waals surface area contributed by atoms with E-state index >= 15 is 0 Å². The van der Waals surface area contributed by atoms with Crippen molar-refractivity contribution < 1.29 is 19.1 Å². The van der Waals surface area contributed by atoms with Crippen molar-refractivity contribution in [1.82, 2.24) is 10.9 Å². The summed E-state index contributed by atoms with van der Waals surface area (Å²) in [6, 6.07) is 22.8. The second-order valence-electron chi connectivity index (χ2n) is 7.86. The first-order valence-electron chi connectivity index (χ1n) is 11.2. The summed E-state index contributed by atoms with van der Waals surface area (Å²) in [5, 5.41) is 0. The molecule has 2 amide bonds. The van der Waals surface area contributed by atoms with E-state index in [4.69, 9.17) is 9.47 Å². The van der Waals surface area contributed by atoms with E-state index in [9.17, 15) is 9.59 Å². The van der Waals surface area contributed by atoms with Crippen LogP contribution in [0, 0.1) is 0 Å². The second kappa shape index (κ2) is 12.8. The van der Waals surface area contributed by atoms with Gasteiger partial charge in [0, 0.05) is 10.9 Å². The fourth-order valence-corrected chi connectivity index (χ4v) is 3.70. The first kappa shape index (κ1) is 25.3. The molecule has 0 saturated carbocycles. The van der Waals surface area contributed by atoms with Crippen molar-refractivity contribution in [3.63, 3.8) is 0 Å². The van der Waals surface area contributed by atoms with Crippen LogP contribution in [0.1, 0.15) is 47.7 Å². The lowest BCUT2D eigenvalue weighted by atomic mass is 9.98. The van der Waals surface area contributed by atoms with Gasteiger partial charge in [-0.25, -0.2) is 0 Å². The number of hydrazine groups is 1. The topological polar surface area (TPSA) is 76.7 Å². The Balaban J connectivity index is 1.54. The Labute approximate surface area is 208 Å². The Morgan fingerprint density at radius 3 is 2.41 bits per heavy atom. The summed E-state index contributed by atoms with van der Waals surface area (Å²) >= 11 is 3.38. The van der Waals surface area contributed by atoms with Gasteiger partial charge in [0.25, 0.3) is 11.8 Å². The van der Waals surface area contributed by atoms with Gasteiger partial charge in [0.2, 0.25) is 0 Å². The lowest BCUT2D eigenvalue weighted by Crippen LogP contribution is -2.44. The zero-order chi connectivity index (χ0) is 24.3. The summed E-state index contributed by atoms with van der Waals surface area (Å²) in [4.78, 5) is 25.0. The molecule has 1 unspecified atom stereocenters. The second-order valence-corrected chi connectivity index (χ2v) is 8.78. The molecule has 0 heterocycles. The Kier molecular flexibility index (Phi) is 9.52. The van der Waals surface area contributed by atoms with Crippen LogP contribution in [-0.4, -0.2) is 25.0 Å². The largest absolute Gasteiger partial charge is 0.492 e. The molecule has 0 aliphatic carbocycles. The van der Waals surface area contributed by atoms with Crippen molar-refractivity contribution in [1.29, 1.82) is 0 Å². The molecule has 7 heteroatoms. The van der Waals surface area contributed by atoms with Gasteiger partial charge < -0.3 is 9.47 Å². The lowest BCUT2D eigenvalue weighted by molar-refractivity contribution is -0.123. The number of carbonyl (C=O) groups excluding carboxylic acids is 2. The number of amides is 2. The number of carbonyl (C=O) groups is 2. The number of hydrogen-bond acceptors (Lipinski definition) is 4. The van der Waals surface area contributed by atoms with Crippen molar-refractivity contribution in [3.8, 4) is 11.5 Å². The first-order valence-corrected chi connectivity index (χ1v) is 12.0. The molecular formula is C27H29BrN2O4. The van der Waals surface area contributed by atoms with E-state index in [-0.39, 0.29) is 6.61 Å². The van der Waals surface area contributed by atoms with Crippen LogP contribution in [0.4, 0.5) is 0 Å². The Hall–Kier alpha value is -3.32. The van der Waals surface area contributed by atoms with Crippen molar-refractivity contribution >= 4 is 27.7 Å². The highest BCUT2D eigenvalue weighted by molar-refractivity contribution is 9.10. The molecule has 3 aromatic carbocycles. The monoisotopic (exact) mass is 524 g/mol. The number of benzene rings is 3. The van der Waals surface area contributed by atoms with Gasteiger partial charge in [-0.1, -0.05) is 78.3 Å². The maximum Gasteiger partial charge on any atom is 0.276 e. The number of halogens is 1. The summed E-state index contributed by atoms with van der Waals surface area (Å²) in [6.45, 7) is 4.42. The minimum Gasteiger partial charge on any atom is -0.492 e. The predicted molar refractivity (Wildman–Crippen MR) is 136 cm³/mol. The van der Waals surface area contributed by atoms with E-state index < -0.39 is 11.8 Å². The third kappa shape index (κ3) is 7.35. The molecule has 6 nitrogen and oxygen atoms in total. The van der Waals surface area contributed by atoms with Gasteiger partial charge in [-0.05, 0) is 47.7 Å². The molecule has 0 radical (unpaired) electrons. The molecule has 3 rings (SSSR count). The summed E-state index contributed by atoms with van der Waals surface area (Å²) in [5.41, 5.74) is 7.35. The smallest absolute Gasteiger partial charge is 0.276 e. The Bertz CT molecular complexity index is 1100. The van der Waals surface area contributed by atoms with Gasteiger partial charge in [0.1, 0.15) is 11.5 Å². The summed E-state index contributed by atoms with van der Waals surface area (Å²) in [5.74, 6) is 0.470. The molecule has 0 fully saturated rings. The molecular weight excluding hydrogens is 496 g/mol. The highest BCUT2D eigenvalue weighted by atomic mass is 79.9. The van der Waals surface area contributed by atoms with Gasteiger partial charge in [-0.15, -0.1) is 0 Å². The fourth-order valence-electron chi connectivity index (χ4n) is 3.34. The molecule has 3 aromatic rings. The normalized spacial score (nSPS) is 11.4. The summed E-state index contributed by atoms with van der Waals surface area (Å²) in [7, 11) is 0. The average molecular weight is 525 g/mol. The van der Waals surface area contributed by atoms with Gasteiger partial charge >= 0.3 is 0 Å². The van der Waals surface area contributed by atoms with Crippen molar-refractivity contribution in [2.45, 2.75) is 32.6 Å². The molecule has 34 heavy (non-hydrogen) atoms. The predicted octanol–water partition coefficient (Wildman–Crippen LogP) is 5.42. The number of nitrogens with one attached hydrogen (secondary N) is 2. The minimum atomic E-state index is -0.482. The van der Waals surface area contributed by atoms with Gasteiger partial charge in [0.05, 0.1) is 12.2 Å². The Morgan fingerprint density at radius 2 is 1.65 bits per heavy atom. The maximum atomic E-state index is 12.7. The van der Waals surface area contributed by atoms with E-state index in [1.807, 2.05) is 54.6 Å². The molecule has 0 bridgehead atoms. The van der Waals surface area contributed by atoms with Crippen molar-refractivity contribution in [3.05, 3.63) is 94.0 Å². The molecule has 1 atom stereocenters. The molecule has 0 aliphatic rings. The van der Waals surface area contributed by atoms with Crippen LogP contribution in [0.5, 0.6) is 11.5 Å². The van der Waals surface area contributed by atoms with Crippen LogP contribution < -0.4 is 20.3 Å². The molecule has 2 N–H and O–H groups in total. The molecule has 0 aliphatic heterocycles. The van der Waals surface area contributed by atoms with E-state index in [1.165, 1.54) is 0 Å². The standard InChI is InChI=1S/C27H29BrN2O4/c1-3-19(2)22-11-7-8-12-24(22)34-18-26(31)29-30-27(32)23-17-21(28)13-14-25(23)33-16-15-20-9-5-4-6-10-20/h4-14,17,19H,3,15-16,18H2,1-2H3,(H,29,31)(H,30,32). The van der Waals surface area contributed by atoms with Gasteiger partial charge in [-0.2, -0.15) is 0 Å². The molecule has 178 valence electrons. The van der Waals surface area contributed by atoms with Crippen LogP contribution in [-0.2, 0) is 11.2 Å². The first-order chi connectivity index (χ1) is 16.5. The van der Waals surface area contributed by atoms with Crippen molar-refractivity contribution in [2.24, 2.45) is 0 Å². The van der Waals surface area contributed by atoms with E-state index in [0.717, 1.165) is 22.0 Å². The van der Waals surface area contributed by atoms with Crippen LogP contribution in [0.2, 0.25) is 0 Å². The van der Waals surface area contributed by atoms with Gasteiger partial charge in [0.15, 0.2) is 6.61 Å². The van der Waals surface area contributed by atoms with E-state index in [0.29, 0.717) is 36.0 Å². The zero-order valence-corrected chi connectivity index (χ0v) is 20.9.